The molecule has 0 saturated heterocycles. The summed E-state index contributed by atoms with van der Waals surface area (Å²) in [5, 5.41) is 4.50. The zero-order valence-corrected chi connectivity index (χ0v) is 3.70. The third kappa shape index (κ3) is 704. The number of hydrogen-bond acceptors (Lipinski definition) is 0. The van der Waals surface area contributed by atoms with Crippen molar-refractivity contribution in [2.75, 3.05) is 0 Å². The number of halogens is 1. The second-order valence-electron chi connectivity index (χ2n) is 0.192. The van der Waals surface area contributed by atoms with Gasteiger partial charge in [-0.1, -0.05) is 0 Å². The summed E-state index contributed by atoms with van der Waals surface area (Å²) in [6.45, 7) is 0. The Labute approximate surface area is 35.3 Å². The molecule has 0 aromatic carbocycles. The smallest absolute Gasteiger partial charge is 0.225 e. The number of rotatable bonds is 0. The Bertz CT molecular complexity index is 13.5. The second kappa shape index (κ2) is 12.4. The lowest BCUT2D eigenvalue weighted by molar-refractivity contribution is -0.106. The largest absolute Gasteiger partial charge is 1.00 e. The lowest BCUT2D eigenvalue weighted by atomic mass is 11.4. The summed E-state index contributed by atoms with van der Waals surface area (Å²) in [4.78, 5) is 0. The van der Waals surface area contributed by atoms with E-state index in [0.717, 1.165) is 6.34 Å². The van der Waals surface area contributed by atoms with E-state index in [2.05, 4.69) is 11.1 Å². The van der Waals surface area contributed by atoms with Gasteiger partial charge in [-0.25, -0.2) is 0 Å². The predicted molar refractivity (Wildman–Crippen MR) is 12.2 cm³/mol. The summed E-state index contributed by atoms with van der Waals surface area (Å²) in [7, 11) is 0. The summed E-state index contributed by atoms with van der Waals surface area (Å²) in [5.74, 6) is 0. The molecule has 0 spiro atoms. The van der Waals surface area contributed by atoms with Gasteiger partial charge in [0.25, 0.3) is 0 Å². The molecule has 0 aromatic heterocycles. The van der Waals surface area contributed by atoms with Gasteiger partial charge in [-0.05, 0) is 0 Å². The lowest BCUT2D eigenvalue weighted by Gasteiger charge is -1.29. The minimum absolute atomic E-state index is 0. The first kappa shape index (κ1) is 9.04. The van der Waals surface area contributed by atoms with Crippen molar-refractivity contribution in [3.05, 3.63) is 0 Å². The van der Waals surface area contributed by atoms with Crippen LogP contribution in [0.2, 0.25) is 0 Å². The third-order valence-corrected chi connectivity index (χ3v) is 0. The molecule has 4 heavy (non-hydrogen) atoms. The maximum atomic E-state index is 4.50. The molecule has 0 aliphatic rings. The van der Waals surface area contributed by atoms with E-state index in [-0.39, 0.29) is 17.0 Å². The molecule has 0 unspecified atom stereocenters. The molecular formula is CH5BrN2. The van der Waals surface area contributed by atoms with Crippen molar-refractivity contribution in [1.29, 1.82) is 0 Å². The predicted octanol–water partition coefficient (Wildman–Crippen LogP) is -5.26. The van der Waals surface area contributed by atoms with Crippen molar-refractivity contribution in [1.82, 2.24) is 0 Å². The molecule has 0 amide bonds. The molecular weight excluding hydrogens is 120 g/mol. The SMILES string of the molecule is NC=[NH2+].[Br-]. The van der Waals surface area contributed by atoms with Crippen molar-refractivity contribution in [3.63, 3.8) is 0 Å². The van der Waals surface area contributed by atoms with Crippen molar-refractivity contribution in [2.45, 2.75) is 0 Å². The molecule has 0 rings (SSSR count). The molecule has 0 saturated carbocycles. The van der Waals surface area contributed by atoms with Crippen LogP contribution in [0.25, 0.3) is 0 Å². The first-order valence-electron chi connectivity index (χ1n) is 0.667. The average molecular weight is 125 g/mol. The Kier molecular flexibility index (Phi) is 28.1. The number of nitrogens with two attached hydrogens (primary N) is 2. The Hall–Kier alpha value is -0.0500. The summed E-state index contributed by atoms with van der Waals surface area (Å²) in [6, 6.07) is 0. The van der Waals surface area contributed by atoms with E-state index >= 15 is 0 Å². The first-order chi connectivity index (χ1) is 1.41. The van der Waals surface area contributed by atoms with Gasteiger partial charge in [0.05, 0.1) is 0 Å². The highest BCUT2D eigenvalue weighted by Gasteiger charge is 1.22. The quantitative estimate of drug-likeness (QED) is 0.246. The van der Waals surface area contributed by atoms with Gasteiger partial charge < -0.3 is 17.0 Å². The highest BCUT2D eigenvalue weighted by Crippen LogP contribution is 0.556. The van der Waals surface area contributed by atoms with Gasteiger partial charge in [-0.15, -0.1) is 0 Å². The van der Waals surface area contributed by atoms with Crippen LogP contribution in [-0.2, 0) is 0 Å². The van der Waals surface area contributed by atoms with Gasteiger partial charge >= 0.3 is 0 Å². The fraction of sp³-hybridized carbons (Fsp3) is 0. The topological polar surface area (TPSA) is 51.6 Å². The van der Waals surface area contributed by atoms with E-state index in [1.54, 1.807) is 0 Å². The summed E-state index contributed by atoms with van der Waals surface area (Å²) in [6.07, 6.45) is 1.00. The van der Waals surface area contributed by atoms with Crippen LogP contribution < -0.4 is 28.1 Å². The normalized spacial score (nSPS) is 3.00. The van der Waals surface area contributed by atoms with E-state index in [9.17, 15) is 0 Å². The minimum atomic E-state index is 0. The Balaban J connectivity index is 0. The zero-order chi connectivity index (χ0) is 2.71. The van der Waals surface area contributed by atoms with Crippen LogP contribution in [0.4, 0.5) is 0 Å². The summed E-state index contributed by atoms with van der Waals surface area (Å²) < 4.78 is 0. The summed E-state index contributed by atoms with van der Waals surface area (Å²) in [5.41, 5.74) is 4.50. The van der Waals surface area contributed by atoms with E-state index in [1.165, 1.54) is 0 Å². The van der Waals surface area contributed by atoms with Crippen LogP contribution in [0.5, 0.6) is 0 Å². The van der Waals surface area contributed by atoms with E-state index in [4.69, 9.17) is 0 Å². The van der Waals surface area contributed by atoms with Gasteiger partial charge in [0.15, 0.2) is 0 Å². The Morgan fingerprint density at radius 1 is 1.75 bits per heavy atom. The molecule has 0 fully saturated rings. The minimum Gasteiger partial charge on any atom is -1.00 e. The Morgan fingerprint density at radius 2 is 1.75 bits per heavy atom. The van der Waals surface area contributed by atoms with Gasteiger partial charge in [0.1, 0.15) is 0 Å². The van der Waals surface area contributed by atoms with Crippen LogP contribution in [0.3, 0.4) is 0 Å². The van der Waals surface area contributed by atoms with Gasteiger partial charge in [0, 0.05) is 0 Å². The van der Waals surface area contributed by atoms with Crippen LogP contribution in [-0.4, -0.2) is 6.34 Å². The van der Waals surface area contributed by atoms with Crippen molar-refractivity contribution in [3.8, 4) is 0 Å². The van der Waals surface area contributed by atoms with Crippen LogP contribution in [0.15, 0.2) is 0 Å². The highest BCUT2D eigenvalue weighted by atomic mass is 79.9. The molecule has 4 N–H and O–H groups in total. The average Bonchev–Trinajstić information content (AvgIpc) is 0.918. The zero-order valence-electron chi connectivity index (χ0n) is 2.11. The molecule has 2 nitrogen and oxygen atoms in total. The number of hydrogen-bond donors (Lipinski definition) is 2. The van der Waals surface area contributed by atoms with Crippen LogP contribution in [0.1, 0.15) is 0 Å². The molecule has 0 aliphatic heterocycles. The second-order valence-corrected chi connectivity index (χ2v) is 0.192. The highest BCUT2D eigenvalue weighted by molar-refractivity contribution is 5.42. The van der Waals surface area contributed by atoms with Gasteiger partial charge in [-0.2, -0.15) is 0 Å². The molecule has 0 aliphatic carbocycles. The van der Waals surface area contributed by atoms with Crippen molar-refractivity contribution < 1.29 is 22.4 Å². The van der Waals surface area contributed by atoms with E-state index < -0.39 is 0 Å². The van der Waals surface area contributed by atoms with Crippen LogP contribution in [0, 0.1) is 0 Å². The molecule has 26 valence electrons. The fourth-order valence-corrected chi connectivity index (χ4v) is 0. The van der Waals surface area contributed by atoms with Crippen LogP contribution >= 0.6 is 0 Å². The third-order valence-electron chi connectivity index (χ3n) is 0. The molecule has 0 radical (unpaired) electrons. The molecule has 0 atom stereocenters. The fourth-order valence-electron chi connectivity index (χ4n) is 0. The standard InChI is InChI=1S/CH4N2.BrH/c2-1-3;/h1H,(H3,2,3);1H. The summed E-state index contributed by atoms with van der Waals surface area (Å²) >= 11 is 0. The molecule has 3 heteroatoms. The van der Waals surface area contributed by atoms with Gasteiger partial charge in [0.2, 0.25) is 6.34 Å². The lowest BCUT2D eigenvalue weighted by Crippen LogP contribution is -3.00. The maximum Gasteiger partial charge on any atom is 0.225 e. The monoisotopic (exact) mass is 124 g/mol. The molecule has 0 bridgehead atoms. The molecule has 0 aromatic rings. The first-order valence-corrected chi connectivity index (χ1v) is 0.667. The van der Waals surface area contributed by atoms with Crippen molar-refractivity contribution >= 4 is 6.34 Å². The molecule has 0 heterocycles. The van der Waals surface area contributed by atoms with Gasteiger partial charge in [-0.3, -0.25) is 11.1 Å². The van der Waals surface area contributed by atoms with E-state index in [0.29, 0.717) is 0 Å². The van der Waals surface area contributed by atoms with E-state index in [1.807, 2.05) is 0 Å². The maximum absolute atomic E-state index is 4.50. The van der Waals surface area contributed by atoms with Crippen molar-refractivity contribution in [2.24, 2.45) is 5.73 Å². The Morgan fingerprint density at radius 3 is 1.75 bits per heavy atom.